The Kier molecular flexibility index (Phi) is 5.53. The molecule has 2 heterocycles. The van der Waals surface area contributed by atoms with Gasteiger partial charge in [-0.05, 0) is 37.3 Å². The summed E-state index contributed by atoms with van der Waals surface area (Å²) in [5, 5.41) is 9.80. The molecule has 2 aromatic heterocycles. The lowest BCUT2D eigenvalue weighted by Gasteiger charge is -2.14. The molecule has 1 aliphatic rings. The van der Waals surface area contributed by atoms with E-state index >= 15 is 4.39 Å². The minimum Gasteiger partial charge on any atom is -0.463 e. The molecule has 8 heteroatoms. The van der Waals surface area contributed by atoms with Gasteiger partial charge >= 0.3 is 5.97 Å². The fraction of sp³-hybridized carbons (Fsp3) is 0.148. The molecule has 0 amide bonds. The predicted octanol–water partition coefficient (Wildman–Crippen LogP) is 5.67. The van der Waals surface area contributed by atoms with Gasteiger partial charge in [-0.1, -0.05) is 18.2 Å². The molecule has 5 rings (SSSR count). The fourth-order valence-corrected chi connectivity index (χ4v) is 4.44. The topological polar surface area (TPSA) is 85.2 Å². The molecule has 1 aliphatic carbocycles. The first kappa shape index (κ1) is 22.3. The molecule has 35 heavy (non-hydrogen) atoms. The Morgan fingerprint density at radius 3 is 2.80 bits per heavy atom. The number of rotatable bonds is 5. The van der Waals surface area contributed by atoms with Crippen molar-refractivity contribution in [1.29, 1.82) is 5.26 Å². The Morgan fingerprint density at radius 2 is 2.06 bits per heavy atom. The monoisotopic (exact) mass is 472 g/mol. The van der Waals surface area contributed by atoms with E-state index in [-0.39, 0.29) is 69.8 Å². The molecule has 0 aliphatic heterocycles. The van der Waals surface area contributed by atoms with Crippen molar-refractivity contribution in [2.24, 2.45) is 0 Å². The molecule has 174 valence electrons. The lowest BCUT2D eigenvalue weighted by molar-refractivity contribution is -0.113. The molecule has 0 N–H and O–H groups in total. The number of aromatic nitrogens is 1. The summed E-state index contributed by atoms with van der Waals surface area (Å²) < 4.78 is 42.2. The molecular formula is C27H18F2N2O4. The molecule has 0 atom stereocenters. The number of carbonyl (C=O) groups excluding carboxylic acids is 2. The molecule has 6 nitrogen and oxygen atoms in total. The summed E-state index contributed by atoms with van der Waals surface area (Å²) in [6, 6.07) is 8.52. The predicted molar refractivity (Wildman–Crippen MR) is 125 cm³/mol. The van der Waals surface area contributed by atoms with E-state index in [0.29, 0.717) is 5.39 Å². The second-order valence-corrected chi connectivity index (χ2v) is 8.00. The van der Waals surface area contributed by atoms with Crippen molar-refractivity contribution >= 4 is 39.2 Å². The molecule has 0 spiro atoms. The van der Waals surface area contributed by atoms with Crippen LogP contribution in [0.15, 0.2) is 59.2 Å². The van der Waals surface area contributed by atoms with Gasteiger partial charge in [0.2, 0.25) is 0 Å². The van der Waals surface area contributed by atoms with Crippen LogP contribution in [0.4, 0.5) is 8.78 Å². The van der Waals surface area contributed by atoms with Gasteiger partial charge in [0.05, 0.1) is 47.3 Å². The first-order valence-corrected chi connectivity index (χ1v) is 10.9. The van der Waals surface area contributed by atoms with Crippen molar-refractivity contribution in [2.75, 3.05) is 6.61 Å². The minimum absolute atomic E-state index is 0.0261. The third-order valence-electron chi connectivity index (χ3n) is 5.96. The highest BCUT2D eigenvalue weighted by Crippen LogP contribution is 2.40. The van der Waals surface area contributed by atoms with Crippen molar-refractivity contribution in [3.8, 4) is 6.07 Å². The van der Waals surface area contributed by atoms with Gasteiger partial charge < -0.3 is 13.7 Å². The van der Waals surface area contributed by atoms with Gasteiger partial charge in [-0.2, -0.15) is 5.26 Å². The normalized spacial score (nSPS) is 13.3. The average molecular weight is 472 g/mol. The quantitative estimate of drug-likeness (QED) is 0.349. The summed E-state index contributed by atoms with van der Waals surface area (Å²) in [7, 11) is 0. The number of nitrogens with zero attached hydrogens (tertiary/aromatic N) is 2. The van der Waals surface area contributed by atoms with Crippen LogP contribution < -0.4 is 0 Å². The van der Waals surface area contributed by atoms with Crippen LogP contribution in [0.3, 0.4) is 0 Å². The second kappa shape index (κ2) is 8.69. The van der Waals surface area contributed by atoms with Gasteiger partial charge in [-0.3, -0.25) is 4.79 Å². The number of allylic oxidation sites excluding steroid dienone is 4. The third-order valence-corrected chi connectivity index (χ3v) is 5.96. The van der Waals surface area contributed by atoms with Crippen molar-refractivity contribution in [2.45, 2.75) is 19.9 Å². The van der Waals surface area contributed by atoms with Gasteiger partial charge in [-0.15, -0.1) is 0 Å². The van der Waals surface area contributed by atoms with E-state index in [0.717, 1.165) is 6.07 Å². The van der Waals surface area contributed by atoms with Gasteiger partial charge in [0.25, 0.3) is 0 Å². The van der Waals surface area contributed by atoms with Gasteiger partial charge in [0.1, 0.15) is 22.9 Å². The maximum absolute atomic E-state index is 15.1. The highest BCUT2D eigenvalue weighted by molar-refractivity contribution is 6.29. The molecule has 0 unspecified atom stereocenters. The van der Waals surface area contributed by atoms with Crippen LogP contribution in [0.2, 0.25) is 0 Å². The number of fused-ring (bicyclic) bond motifs is 3. The van der Waals surface area contributed by atoms with E-state index in [2.05, 4.69) is 0 Å². The number of benzene rings is 2. The summed E-state index contributed by atoms with van der Waals surface area (Å²) in [6.07, 6.45) is 6.43. The molecule has 0 bridgehead atoms. The highest BCUT2D eigenvalue weighted by Gasteiger charge is 2.32. The number of carbonyl (C=O) groups is 2. The van der Waals surface area contributed by atoms with Crippen LogP contribution in [0, 0.1) is 23.0 Å². The fourth-order valence-electron chi connectivity index (χ4n) is 4.44. The van der Waals surface area contributed by atoms with Gasteiger partial charge in [0, 0.05) is 23.1 Å². The Bertz CT molecular complexity index is 1630. The molecular weight excluding hydrogens is 454 g/mol. The van der Waals surface area contributed by atoms with Gasteiger partial charge in [0.15, 0.2) is 5.78 Å². The van der Waals surface area contributed by atoms with Crippen molar-refractivity contribution in [3.63, 3.8) is 0 Å². The Morgan fingerprint density at radius 1 is 1.23 bits per heavy atom. The number of furan rings is 1. The van der Waals surface area contributed by atoms with E-state index in [1.165, 1.54) is 35.1 Å². The maximum atomic E-state index is 15.1. The molecule has 2 aromatic carbocycles. The van der Waals surface area contributed by atoms with Gasteiger partial charge in [-0.25, -0.2) is 13.6 Å². The summed E-state index contributed by atoms with van der Waals surface area (Å²) in [5.74, 6) is -2.19. The zero-order chi connectivity index (χ0) is 24.7. The van der Waals surface area contributed by atoms with E-state index in [4.69, 9.17) is 9.15 Å². The summed E-state index contributed by atoms with van der Waals surface area (Å²) in [5.41, 5.74) is 1.19. The van der Waals surface area contributed by atoms with E-state index in [9.17, 15) is 19.2 Å². The number of ketones is 1. The number of hydrogen-bond donors (Lipinski definition) is 0. The van der Waals surface area contributed by atoms with Crippen molar-refractivity contribution in [1.82, 2.24) is 4.57 Å². The van der Waals surface area contributed by atoms with Crippen molar-refractivity contribution < 1.29 is 27.5 Å². The second-order valence-electron chi connectivity index (χ2n) is 8.00. The number of Topliss-reactive ketones (excluding diaryl/α,β-unsaturated/α-hetero) is 1. The number of ether oxygens (including phenoxy) is 1. The molecule has 0 saturated carbocycles. The zero-order valence-electron chi connectivity index (χ0n) is 18.6. The molecule has 0 radical (unpaired) electrons. The zero-order valence-corrected chi connectivity index (χ0v) is 18.6. The summed E-state index contributed by atoms with van der Waals surface area (Å²) >= 11 is 0. The summed E-state index contributed by atoms with van der Waals surface area (Å²) in [4.78, 5) is 26.2. The Labute approximate surface area is 198 Å². The number of nitriles is 1. The van der Waals surface area contributed by atoms with Crippen LogP contribution in [-0.2, 0) is 16.1 Å². The SMILES string of the molecule is CCOC(=O)c1c(C2=CC=CCC2=O)c2c3occc3c(F)cc2n1Cc1cc(C#N)ccc1F. The highest BCUT2D eigenvalue weighted by atomic mass is 19.1. The standard InChI is InChI=1S/C27H18F2N2O4/c1-2-34-27(33)25-23(18-5-3-4-6-22(18)32)24-21(12-20(29)17-9-10-35-26(17)24)31(25)14-16-11-15(13-30)7-8-19(16)28/h3-5,7-12H,2,6,14H2,1H3. The van der Waals surface area contributed by atoms with Crippen LogP contribution >= 0.6 is 0 Å². The lowest BCUT2D eigenvalue weighted by atomic mass is 9.93. The molecule has 4 aromatic rings. The van der Waals surface area contributed by atoms with E-state index in [1.807, 2.05) is 6.07 Å². The maximum Gasteiger partial charge on any atom is 0.355 e. The largest absolute Gasteiger partial charge is 0.463 e. The molecule has 0 fully saturated rings. The molecule has 0 saturated heterocycles. The third kappa shape index (κ3) is 3.62. The first-order valence-electron chi connectivity index (χ1n) is 10.9. The van der Waals surface area contributed by atoms with E-state index < -0.39 is 17.6 Å². The average Bonchev–Trinajstić information content (AvgIpc) is 3.45. The van der Waals surface area contributed by atoms with Crippen molar-refractivity contribution in [3.05, 3.63) is 88.8 Å². The number of esters is 1. The van der Waals surface area contributed by atoms with Crippen LogP contribution in [0.5, 0.6) is 0 Å². The summed E-state index contributed by atoms with van der Waals surface area (Å²) in [6.45, 7) is 1.48. The van der Waals surface area contributed by atoms with E-state index in [1.54, 1.807) is 25.2 Å². The van der Waals surface area contributed by atoms with Crippen LogP contribution in [0.1, 0.15) is 40.5 Å². The minimum atomic E-state index is -0.751. The number of halogens is 2. The van der Waals surface area contributed by atoms with Crippen LogP contribution in [0.25, 0.3) is 27.4 Å². The van der Waals surface area contributed by atoms with Crippen LogP contribution in [-0.4, -0.2) is 22.9 Å². The Balaban J connectivity index is 1.92. The first-order chi connectivity index (χ1) is 16.9. The Hall–Kier alpha value is -4.51. The number of hydrogen-bond acceptors (Lipinski definition) is 5. The smallest absolute Gasteiger partial charge is 0.355 e. The lowest BCUT2D eigenvalue weighted by Crippen LogP contribution is -2.17.